The monoisotopic (exact) mass is 285 g/mol. The van der Waals surface area contributed by atoms with Crippen LogP contribution in [-0.4, -0.2) is 15.1 Å². The molecule has 0 spiro atoms. The van der Waals surface area contributed by atoms with Crippen LogP contribution in [0.15, 0.2) is 36.4 Å². The summed E-state index contributed by atoms with van der Waals surface area (Å²) >= 11 is 0. The first-order valence-electron chi connectivity index (χ1n) is 5.94. The number of anilines is 1. The number of nitro benzene ring substituents is 1. The molecule has 0 bridgehead atoms. The summed E-state index contributed by atoms with van der Waals surface area (Å²) in [7, 11) is 0. The minimum Gasteiger partial charge on any atom is -0.504 e. The summed E-state index contributed by atoms with van der Waals surface area (Å²) in [5.41, 5.74) is 1.15. The molecule has 2 aromatic carbocycles. The zero-order valence-electron chi connectivity index (χ0n) is 10.8. The molecule has 2 aromatic rings. The van der Waals surface area contributed by atoms with Gasteiger partial charge in [0, 0.05) is 18.7 Å². The fourth-order valence-corrected chi connectivity index (χ4v) is 1.77. The van der Waals surface area contributed by atoms with Gasteiger partial charge in [-0.15, -0.1) is 0 Å². The first-order chi connectivity index (χ1) is 10.0. The highest BCUT2D eigenvalue weighted by Gasteiger charge is 2.10. The van der Waals surface area contributed by atoms with E-state index in [9.17, 15) is 20.3 Å². The fraction of sp³-hybridized carbons (Fsp3) is 0.0714. The van der Waals surface area contributed by atoms with Crippen molar-refractivity contribution in [2.75, 3.05) is 5.32 Å². The van der Waals surface area contributed by atoms with Crippen molar-refractivity contribution in [1.29, 1.82) is 5.26 Å². The van der Waals surface area contributed by atoms with Gasteiger partial charge < -0.3 is 15.5 Å². The maximum Gasteiger partial charge on any atom is 0.270 e. The Morgan fingerprint density at radius 3 is 2.57 bits per heavy atom. The van der Waals surface area contributed by atoms with E-state index in [1.807, 2.05) is 6.07 Å². The SMILES string of the molecule is N#Cc1cc([N+](=O)[O-])ccc1NCc1ccc(O)c(O)c1. The molecule has 0 aromatic heterocycles. The number of phenols is 2. The van der Waals surface area contributed by atoms with Crippen LogP contribution < -0.4 is 5.32 Å². The van der Waals surface area contributed by atoms with Crippen molar-refractivity contribution >= 4 is 11.4 Å². The molecule has 0 aliphatic heterocycles. The summed E-state index contributed by atoms with van der Waals surface area (Å²) < 4.78 is 0. The smallest absolute Gasteiger partial charge is 0.270 e. The number of benzene rings is 2. The molecular formula is C14H11N3O4. The molecule has 21 heavy (non-hydrogen) atoms. The molecule has 0 amide bonds. The summed E-state index contributed by atoms with van der Waals surface area (Å²) in [5, 5.41) is 41.2. The molecule has 7 nitrogen and oxygen atoms in total. The molecule has 0 aliphatic carbocycles. The van der Waals surface area contributed by atoms with E-state index in [-0.39, 0.29) is 22.7 Å². The van der Waals surface area contributed by atoms with Gasteiger partial charge in [0.2, 0.25) is 0 Å². The highest BCUT2D eigenvalue weighted by atomic mass is 16.6. The minimum atomic E-state index is -0.567. The number of nitro groups is 1. The van der Waals surface area contributed by atoms with Crippen LogP contribution in [0.5, 0.6) is 11.5 Å². The van der Waals surface area contributed by atoms with E-state index < -0.39 is 4.92 Å². The number of hydrogen-bond acceptors (Lipinski definition) is 6. The van der Waals surface area contributed by atoms with Crippen molar-refractivity contribution in [2.24, 2.45) is 0 Å². The predicted octanol–water partition coefficient (Wildman–Crippen LogP) is 2.49. The lowest BCUT2D eigenvalue weighted by Crippen LogP contribution is -2.02. The molecule has 0 atom stereocenters. The summed E-state index contributed by atoms with van der Waals surface area (Å²) in [4.78, 5) is 10.1. The summed E-state index contributed by atoms with van der Waals surface area (Å²) in [6.45, 7) is 0.292. The van der Waals surface area contributed by atoms with Crippen molar-refractivity contribution in [2.45, 2.75) is 6.54 Å². The highest BCUT2D eigenvalue weighted by Crippen LogP contribution is 2.26. The van der Waals surface area contributed by atoms with E-state index in [2.05, 4.69) is 5.32 Å². The molecule has 3 N–H and O–H groups in total. The Morgan fingerprint density at radius 1 is 1.19 bits per heavy atom. The number of non-ortho nitro benzene ring substituents is 1. The lowest BCUT2D eigenvalue weighted by Gasteiger charge is -2.09. The molecule has 0 saturated carbocycles. The maximum absolute atomic E-state index is 10.7. The van der Waals surface area contributed by atoms with Crippen LogP contribution in [0.1, 0.15) is 11.1 Å². The van der Waals surface area contributed by atoms with Crippen molar-refractivity contribution < 1.29 is 15.1 Å². The number of hydrogen-bond donors (Lipinski definition) is 3. The number of aromatic hydroxyl groups is 2. The van der Waals surface area contributed by atoms with Crippen LogP contribution in [-0.2, 0) is 6.54 Å². The van der Waals surface area contributed by atoms with E-state index in [0.717, 1.165) is 0 Å². The molecule has 7 heteroatoms. The molecule has 0 aliphatic rings. The average Bonchev–Trinajstić information content (AvgIpc) is 2.48. The van der Waals surface area contributed by atoms with E-state index in [1.165, 1.54) is 30.3 Å². The van der Waals surface area contributed by atoms with Gasteiger partial charge in [0.15, 0.2) is 11.5 Å². The minimum absolute atomic E-state index is 0.153. The Labute approximate surface area is 119 Å². The van der Waals surface area contributed by atoms with E-state index in [4.69, 9.17) is 5.26 Å². The molecule has 2 rings (SSSR count). The van der Waals surface area contributed by atoms with Gasteiger partial charge in [-0.3, -0.25) is 10.1 Å². The Morgan fingerprint density at radius 2 is 1.95 bits per heavy atom. The summed E-state index contributed by atoms with van der Waals surface area (Å²) in [6.07, 6.45) is 0. The lowest BCUT2D eigenvalue weighted by molar-refractivity contribution is -0.384. The topological polar surface area (TPSA) is 119 Å². The van der Waals surface area contributed by atoms with Gasteiger partial charge in [-0.2, -0.15) is 5.26 Å². The molecule has 0 radical (unpaired) electrons. The standard InChI is InChI=1S/C14H11N3O4/c15-7-10-6-11(17(20)21)2-3-12(10)16-8-9-1-4-13(18)14(19)5-9/h1-6,16,18-19H,8H2. The number of rotatable bonds is 4. The second kappa shape index (κ2) is 5.79. The molecule has 0 fully saturated rings. The van der Waals surface area contributed by atoms with E-state index >= 15 is 0 Å². The predicted molar refractivity (Wildman–Crippen MR) is 74.9 cm³/mol. The van der Waals surface area contributed by atoms with E-state index in [0.29, 0.717) is 17.8 Å². The van der Waals surface area contributed by atoms with Gasteiger partial charge >= 0.3 is 0 Å². The summed E-state index contributed by atoms with van der Waals surface area (Å²) in [6, 6.07) is 10.2. The van der Waals surface area contributed by atoms with Crippen molar-refractivity contribution in [3.63, 3.8) is 0 Å². The fourth-order valence-electron chi connectivity index (χ4n) is 1.77. The zero-order valence-corrected chi connectivity index (χ0v) is 10.8. The van der Waals surface area contributed by atoms with Crippen LogP contribution in [0.25, 0.3) is 0 Å². The van der Waals surface area contributed by atoms with E-state index in [1.54, 1.807) is 6.07 Å². The average molecular weight is 285 g/mol. The van der Waals surface area contributed by atoms with Gasteiger partial charge in [0.05, 0.1) is 16.2 Å². The third kappa shape index (κ3) is 3.19. The van der Waals surface area contributed by atoms with Crippen LogP contribution in [0.3, 0.4) is 0 Å². The molecule has 106 valence electrons. The van der Waals surface area contributed by atoms with Crippen LogP contribution in [0, 0.1) is 21.4 Å². The second-order valence-electron chi connectivity index (χ2n) is 4.28. The first kappa shape index (κ1) is 14.1. The van der Waals surface area contributed by atoms with Crippen LogP contribution in [0.2, 0.25) is 0 Å². The van der Waals surface area contributed by atoms with Gasteiger partial charge in [-0.1, -0.05) is 6.07 Å². The number of nitriles is 1. The molecule has 0 saturated heterocycles. The van der Waals surface area contributed by atoms with Gasteiger partial charge in [0.25, 0.3) is 5.69 Å². The zero-order chi connectivity index (χ0) is 15.4. The van der Waals surface area contributed by atoms with Crippen molar-refractivity contribution in [3.8, 4) is 17.6 Å². The third-order valence-electron chi connectivity index (χ3n) is 2.86. The normalized spacial score (nSPS) is 9.86. The molecular weight excluding hydrogens is 274 g/mol. The Kier molecular flexibility index (Phi) is 3.90. The third-order valence-corrected chi connectivity index (χ3v) is 2.86. The summed E-state index contributed by atoms with van der Waals surface area (Å²) in [5.74, 6) is -0.453. The second-order valence-corrected chi connectivity index (χ2v) is 4.28. The van der Waals surface area contributed by atoms with Gasteiger partial charge in [-0.25, -0.2) is 0 Å². The highest BCUT2D eigenvalue weighted by molar-refractivity contribution is 5.61. The molecule has 0 heterocycles. The largest absolute Gasteiger partial charge is 0.504 e. The van der Waals surface area contributed by atoms with Gasteiger partial charge in [-0.05, 0) is 23.8 Å². The molecule has 0 unspecified atom stereocenters. The van der Waals surface area contributed by atoms with Crippen molar-refractivity contribution in [1.82, 2.24) is 0 Å². The van der Waals surface area contributed by atoms with Crippen molar-refractivity contribution in [3.05, 3.63) is 57.6 Å². The Bertz CT molecular complexity index is 737. The Balaban J connectivity index is 2.18. The lowest BCUT2D eigenvalue weighted by atomic mass is 10.1. The number of nitrogens with zero attached hydrogens (tertiary/aromatic N) is 2. The Hall–Kier alpha value is -3.27. The number of phenolic OH excluding ortho intramolecular Hbond substituents is 2. The van der Waals surface area contributed by atoms with Gasteiger partial charge in [0.1, 0.15) is 6.07 Å². The van der Waals surface area contributed by atoms with Crippen LogP contribution >= 0.6 is 0 Å². The quantitative estimate of drug-likeness (QED) is 0.451. The van der Waals surface area contributed by atoms with Crippen LogP contribution in [0.4, 0.5) is 11.4 Å². The maximum atomic E-state index is 10.7. The first-order valence-corrected chi connectivity index (χ1v) is 5.94. The number of nitrogens with one attached hydrogen (secondary N) is 1.